The summed E-state index contributed by atoms with van der Waals surface area (Å²) in [7, 11) is -3.44. The summed E-state index contributed by atoms with van der Waals surface area (Å²) in [6.07, 6.45) is 4.44. The highest BCUT2D eigenvalue weighted by molar-refractivity contribution is 7.89. The van der Waals surface area contributed by atoms with E-state index >= 15 is 0 Å². The van der Waals surface area contributed by atoms with Crippen LogP contribution in [0.1, 0.15) is 25.7 Å². The molecular formula is C18H22N2O2S. The van der Waals surface area contributed by atoms with E-state index in [-0.39, 0.29) is 6.04 Å². The number of hydrogen-bond acceptors (Lipinski definition) is 3. The fraction of sp³-hybridized carbons (Fsp3) is 0.444. The van der Waals surface area contributed by atoms with Crippen molar-refractivity contribution in [1.29, 1.82) is 0 Å². The first-order chi connectivity index (χ1) is 11.1. The van der Waals surface area contributed by atoms with Crippen molar-refractivity contribution in [1.82, 2.24) is 9.62 Å². The van der Waals surface area contributed by atoms with E-state index in [0.29, 0.717) is 4.90 Å². The van der Waals surface area contributed by atoms with E-state index in [1.165, 1.54) is 12.8 Å². The Morgan fingerprint density at radius 1 is 0.913 bits per heavy atom. The number of rotatable bonds is 4. The molecule has 1 saturated heterocycles. The molecular weight excluding hydrogens is 308 g/mol. The number of fused-ring (bicyclic) bond motifs is 1. The maximum absolute atomic E-state index is 12.6. The summed E-state index contributed by atoms with van der Waals surface area (Å²) in [5.41, 5.74) is 0. The highest BCUT2D eigenvalue weighted by Crippen LogP contribution is 2.29. The average molecular weight is 330 g/mol. The Kier molecular flexibility index (Phi) is 3.87. The number of likely N-dealkylation sites (tertiary alicyclic amines) is 1. The number of piperidine rings is 1. The lowest BCUT2D eigenvalue weighted by Crippen LogP contribution is -2.45. The SMILES string of the molecule is O=S(=O)(NC1CCN(C2CC2)CC1)c1ccc2ccccc2c1. The first kappa shape index (κ1) is 15.1. The van der Waals surface area contributed by atoms with E-state index in [1.807, 2.05) is 30.3 Å². The Labute approximate surface area is 137 Å². The van der Waals surface area contributed by atoms with E-state index in [1.54, 1.807) is 12.1 Å². The third-order valence-electron chi connectivity index (χ3n) is 4.95. The number of nitrogens with one attached hydrogen (secondary N) is 1. The van der Waals surface area contributed by atoms with Crippen LogP contribution in [0.2, 0.25) is 0 Å². The molecule has 5 heteroatoms. The molecule has 1 saturated carbocycles. The monoisotopic (exact) mass is 330 g/mol. The van der Waals surface area contributed by atoms with Crippen molar-refractivity contribution in [2.45, 2.75) is 42.7 Å². The molecule has 0 amide bonds. The van der Waals surface area contributed by atoms with Crippen molar-refractivity contribution in [3.8, 4) is 0 Å². The first-order valence-electron chi connectivity index (χ1n) is 8.37. The molecule has 2 aromatic rings. The Bertz CT molecular complexity index is 807. The second kappa shape index (κ2) is 5.89. The van der Waals surface area contributed by atoms with Crippen LogP contribution in [0.5, 0.6) is 0 Å². The predicted molar refractivity (Wildman–Crippen MR) is 91.9 cm³/mol. The van der Waals surface area contributed by atoms with Crippen molar-refractivity contribution < 1.29 is 8.42 Å². The van der Waals surface area contributed by atoms with Gasteiger partial charge in [0.25, 0.3) is 0 Å². The molecule has 2 fully saturated rings. The normalized spacial score (nSPS) is 20.9. The molecule has 0 bridgehead atoms. The number of nitrogens with zero attached hydrogens (tertiary/aromatic N) is 1. The van der Waals surface area contributed by atoms with Gasteiger partial charge in [-0.2, -0.15) is 0 Å². The van der Waals surface area contributed by atoms with Gasteiger partial charge in [0.1, 0.15) is 0 Å². The number of sulfonamides is 1. The average Bonchev–Trinajstić information content (AvgIpc) is 3.40. The Hall–Kier alpha value is -1.43. The molecule has 1 heterocycles. The topological polar surface area (TPSA) is 49.4 Å². The van der Waals surface area contributed by atoms with Crippen LogP contribution in [0.4, 0.5) is 0 Å². The van der Waals surface area contributed by atoms with Gasteiger partial charge < -0.3 is 4.90 Å². The van der Waals surface area contributed by atoms with Crippen LogP contribution >= 0.6 is 0 Å². The molecule has 4 rings (SSSR count). The van der Waals surface area contributed by atoms with Gasteiger partial charge in [-0.25, -0.2) is 13.1 Å². The lowest BCUT2D eigenvalue weighted by molar-refractivity contribution is 0.199. The molecule has 23 heavy (non-hydrogen) atoms. The zero-order valence-corrected chi connectivity index (χ0v) is 13.9. The molecule has 4 nitrogen and oxygen atoms in total. The molecule has 0 aromatic heterocycles. The van der Waals surface area contributed by atoms with E-state index in [0.717, 1.165) is 42.7 Å². The van der Waals surface area contributed by atoms with Crippen molar-refractivity contribution in [3.05, 3.63) is 42.5 Å². The van der Waals surface area contributed by atoms with E-state index < -0.39 is 10.0 Å². The molecule has 0 unspecified atom stereocenters. The summed E-state index contributed by atoms with van der Waals surface area (Å²) in [4.78, 5) is 2.86. The van der Waals surface area contributed by atoms with Crippen LogP contribution in [-0.4, -0.2) is 38.5 Å². The molecule has 122 valence electrons. The van der Waals surface area contributed by atoms with Crippen molar-refractivity contribution in [2.75, 3.05) is 13.1 Å². The van der Waals surface area contributed by atoms with Gasteiger partial charge in [0.15, 0.2) is 0 Å². The molecule has 1 N–H and O–H groups in total. The fourth-order valence-corrected chi connectivity index (χ4v) is 4.78. The van der Waals surface area contributed by atoms with Crippen molar-refractivity contribution >= 4 is 20.8 Å². The summed E-state index contributed by atoms with van der Waals surface area (Å²) in [6.45, 7) is 2.02. The molecule has 2 aromatic carbocycles. The Morgan fingerprint density at radius 3 is 2.30 bits per heavy atom. The Morgan fingerprint density at radius 2 is 1.61 bits per heavy atom. The van der Waals surface area contributed by atoms with Crippen LogP contribution in [0.25, 0.3) is 10.8 Å². The molecule has 1 aliphatic carbocycles. The molecule has 0 spiro atoms. The standard InChI is InChI=1S/C18H22N2O2S/c21-23(22,18-8-5-14-3-1-2-4-15(14)13-18)19-16-9-11-20(12-10-16)17-6-7-17/h1-5,8,13,16-17,19H,6-7,9-12H2. The zero-order chi connectivity index (χ0) is 15.9. The summed E-state index contributed by atoms with van der Waals surface area (Å²) in [5.74, 6) is 0. The molecule has 2 aliphatic rings. The smallest absolute Gasteiger partial charge is 0.240 e. The third-order valence-corrected chi connectivity index (χ3v) is 6.46. The molecule has 0 atom stereocenters. The summed E-state index contributed by atoms with van der Waals surface area (Å²) in [6, 6.07) is 14.0. The third kappa shape index (κ3) is 3.27. The minimum atomic E-state index is -3.44. The van der Waals surface area contributed by atoms with Crippen LogP contribution in [0.3, 0.4) is 0 Å². The van der Waals surface area contributed by atoms with Gasteiger partial charge in [0.05, 0.1) is 4.90 Å². The summed E-state index contributed by atoms with van der Waals surface area (Å²) < 4.78 is 28.2. The van der Waals surface area contributed by atoms with Gasteiger partial charge in [-0.05, 0) is 61.7 Å². The lowest BCUT2D eigenvalue weighted by Gasteiger charge is -2.32. The van der Waals surface area contributed by atoms with Crippen LogP contribution in [0, 0.1) is 0 Å². The van der Waals surface area contributed by atoms with Gasteiger partial charge in [-0.3, -0.25) is 0 Å². The maximum atomic E-state index is 12.6. The quantitative estimate of drug-likeness (QED) is 0.938. The van der Waals surface area contributed by atoms with Gasteiger partial charge in [0.2, 0.25) is 10.0 Å². The van der Waals surface area contributed by atoms with Crippen LogP contribution in [0.15, 0.2) is 47.4 Å². The Balaban J connectivity index is 1.48. The molecule has 1 aliphatic heterocycles. The number of hydrogen-bond donors (Lipinski definition) is 1. The van der Waals surface area contributed by atoms with Gasteiger partial charge in [-0.15, -0.1) is 0 Å². The van der Waals surface area contributed by atoms with Crippen molar-refractivity contribution in [2.24, 2.45) is 0 Å². The highest BCUT2D eigenvalue weighted by Gasteiger charge is 2.33. The summed E-state index contributed by atoms with van der Waals surface area (Å²) in [5, 5.41) is 2.02. The second-order valence-electron chi connectivity index (χ2n) is 6.67. The minimum absolute atomic E-state index is 0.0569. The lowest BCUT2D eigenvalue weighted by atomic mass is 10.1. The summed E-state index contributed by atoms with van der Waals surface area (Å²) >= 11 is 0. The maximum Gasteiger partial charge on any atom is 0.240 e. The number of benzene rings is 2. The van der Waals surface area contributed by atoms with Crippen LogP contribution < -0.4 is 4.72 Å². The van der Waals surface area contributed by atoms with Crippen LogP contribution in [-0.2, 0) is 10.0 Å². The predicted octanol–water partition coefficient (Wildman–Crippen LogP) is 2.74. The van der Waals surface area contributed by atoms with Gasteiger partial charge in [-0.1, -0.05) is 30.3 Å². The first-order valence-corrected chi connectivity index (χ1v) is 9.85. The van der Waals surface area contributed by atoms with Crippen molar-refractivity contribution in [3.63, 3.8) is 0 Å². The van der Waals surface area contributed by atoms with E-state index in [9.17, 15) is 8.42 Å². The van der Waals surface area contributed by atoms with Gasteiger partial charge >= 0.3 is 0 Å². The van der Waals surface area contributed by atoms with E-state index in [2.05, 4.69) is 9.62 Å². The highest BCUT2D eigenvalue weighted by atomic mass is 32.2. The van der Waals surface area contributed by atoms with E-state index in [4.69, 9.17) is 0 Å². The second-order valence-corrected chi connectivity index (χ2v) is 8.39. The zero-order valence-electron chi connectivity index (χ0n) is 13.1. The largest absolute Gasteiger partial charge is 0.300 e. The van der Waals surface area contributed by atoms with Gasteiger partial charge in [0, 0.05) is 12.1 Å². The minimum Gasteiger partial charge on any atom is -0.300 e. The molecule has 0 radical (unpaired) electrons. The fourth-order valence-electron chi connectivity index (χ4n) is 3.44.